The lowest BCUT2D eigenvalue weighted by molar-refractivity contribution is 0.0733. The van der Waals surface area contributed by atoms with E-state index >= 15 is 0 Å². The maximum atomic E-state index is 12.5. The Morgan fingerprint density at radius 2 is 2.04 bits per heavy atom. The van der Waals surface area contributed by atoms with Gasteiger partial charge in [-0.1, -0.05) is 41.9 Å². The van der Waals surface area contributed by atoms with Crippen LogP contribution in [0, 0.1) is 5.92 Å². The normalized spacial score (nSPS) is 17.2. The van der Waals surface area contributed by atoms with E-state index < -0.39 is 0 Å². The summed E-state index contributed by atoms with van der Waals surface area (Å²) in [5.41, 5.74) is 1.66. The zero-order chi connectivity index (χ0) is 16.9. The van der Waals surface area contributed by atoms with Crippen molar-refractivity contribution >= 4 is 17.5 Å². The number of phenolic OH excluding ortho intramolecular Hbond substituents is 1. The molecule has 3 rings (SSSR count). The first-order chi connectivity index (χ1) is 11.6. The SMILES string of the molecule is O=C(c1ccc(O)c(Cl)c1)N1CC[C@@H](COCc2ccccc2)C1. The summed E-state index contributed by atoms with van der Waals surface area (Å²) in [7, 11) is 0. The van der Waals surface area contributed by atoms with E-state index in [1.165, 1.54) is 12.1 Å². The summed E-state index contributed by atoms with van der Waals surface area (Å²) < 4.78 is 5.78. The van der Waals surface area contributed by atoms with Gasteiger partial charge in [-0.25, -0.2) is 0 Å². The number of carbonyl (C=O) groups is 1. The molecule has 1 saturated heterocycles. The summed E-state index contributed by atoms with van der Waals surface area (Å²) >= 11 is 5.88. The molecule has 2 aromatic rings. The van der Waals surface area contributed by atoms with Gasteiger partial charge in [-0.3, -0.25) is 4.79 Å². The van der Waals surface area contributed by atoms with Crippen molar-refractivity contribution in [3.05, 3.63) is 64.7 Å². The highest BCUT2D eigenvalue weighted by Crippen LogP contribution is 2.26. The number of aromatic hydroxyl groups is 1. The molecule has 0 spiro atoms. The maximum absolute atomic E-state index is 12.5. The zero-order valence-corrected chi connectivity index (χ0v) is 14.1. The number of benzene rings is 2. The molecule has 5 heteroatoms. The molecule has 0 unspecified atom stereocenters. The third-order valence-corrected chi connectivity index (χ3v) is 4.54. The van der Waals surface area contributed by atoms with Gasteiger partial charge in [0.1, 0.15) is 5.75 Å². The average Bonchev–Trinajstić information content (AvgIpc) is 3.06. The number of hydrogen-bond acceptors (Lipinski definition) is 3. The van der Waals surface area contributed by atoms with Crippen LogP contribution in [0.5, 0.6) is 5.75 Å². The highest BCUT2D eigenvalue weighted by Gasteiger charge is 2.27. The summed E-state index contributed by atoms with van der Waals surface area (Å²) in [6.07, 6.45) is 0.937. The molecule has 1 aliphatic rings. The van der Waals surface area contributed by atoms with Crippen LogP contribution in [0.2, 0.25) is 5.02 Å². The van der Waals surface area contributed by atoms with Crippen LogP contribution in [0.3, 0.4) is 0 Å². The van der Waals surface area contributed by atoms with E-state index in [0.29, 0.717) is 31.2 Å². The Hall–Kier alpha value is -2.04. The highest BCUT2D eigenvalue weighted by molar-refractivity contribution is 6.32. The number of rotatable bonds is 5. The second-order valence-corrected chi connectivity index (χ2v) is 6.48. The lowest BCUT2D eigenvalue weighted by Crippen LogP contribution is -2.29. The van der Waals surface area contributed by atoms with Crippen LogP contribution >= 0.6 is 11.6 Å². The van der Waals surface area contributed by atoms with Crippen LogP contribution in [0.25, 0.3) is 0 Å². The third-order valence-electron chi connectivity index (χ3n) is 4.23. The molecule has 0 saturated carbocycles. The van der Waals surface area contributed by atoms with Crippen molar-refractivity contribution in [1.29, 1.82) is 0 Å². The molecular formula is C19H20ClNO3. The quantitative estimate of drug-likeness (QED) is 0.898. The fourth-order valence-electron chi connectivity index (χ4n) is 2.89. The van der Waals surface area contributed by atoms with Crippen LogP contribution < -0.4 is 0 Å². The van der Waals surface area contributed by atoms with E-state index in [9.17, 15) is 9.90 Å². The lowest BCUT2D eigenvalue weighted by Gasteiger charge is -2.17. The van der Waals surface area contributed by atoms with Gasteiger partial charge in [0.25, 0.3) is 5.91 Å². The second kappa shape index (κ2) is 7.69. The first-order valence-corrected chi connectivity index (χ1v) is 8.41. The molecule has 0 aromatic heterocycles. The molecule has 1 aliphatic heterocycles. The van der Waals surface area contributed by atoms with Crippen LogP contribution in [-0.4, -0.2) is 35.6 Å². The monoisotopic (exact) mass is 345 g/mol. The van der Waals surface area contributed by atoms with Gasteiger partial charge < -0.3 is 14.7 Å². The Kier molecular flexibility index (Phi) is 5.38. The highest BCUT2D eigenvalue weighted by atomic mass is 35.5. The minimum Gasteiger partial charge on any atom is -0.506 e. The molecule has 1 fully saturated rings. The number of hydrogen-bond donors (Lipinski definition) is 1. The van der Waals surface area contributed by atoms with Gasteiger partial charge in [0.05, 0.1) is 18.2 Å². The first-order valence-electron chi connectivity index (χ1n) is 8.03. The van der Waals surface area contributed by atoms with E-state index in [2.05, 4.69) is 0 Å². The molecule has 2 aromatic carbocycles. The van der Waals surface area contributed by atoms with Gasteiger partial charge >= 0.3 is 0 Å². The maximum Gasteiger partial charge on any atom is 0.253 e. The zero-order valence-electron chi connectivity index (χ0n) is 13.3. The van der Waals surface area contributed by atoms with Gasteiger partial charge in [-0.05, 0) is 30.2 Å². The fourth-order valence-corrected chi connectivity index (χ4v) is 3.07. The van der Waals surface area contributed by atoms with Crippen LogP contribution in [0.4, 0.5) is 0 Å². The minimum absolute atomic E-state index is 0.0122. The molecular weight excluding hydrogens is 326 g/mol. The second-order valence-electron chi connectivity index (χ2n) is 6.07. The number of nitrogens with zero attached hydrogens (tertiary/aromatic N) is 1. The Bertz CT molecular complexity index is 705. The van der Waals surface area contributed by atoms with Gasteiger partial charge in [-0.15, -0.1) is 0 Å². The molecule has 0 aliphatic carbocycles. The van der Waals surface area contributed by atoms with Gasteiger partial charge in [0.15, 0.2) is 0 Å². The van der Waals surface area contributed by atoms with Crippen molar-refractivity contribution in [2.24, 2.45) is 5.92 Å². The Balaban J connectivity index is 1.49. The van der Waals surface area contributed by atoms with Gasteiger partial charge in [0, 0.05) is 24.6 Å². The topological polar surface area (TPSA) is 49.8 Å². The predicted molar refractivity (Wildman–Crippen MR) is 93.2 cm³/mol. The van der Waals surface area contributed by atoms with Crippen LogP contribution in [-0.2, 0) is 11.3 Å². The van der Waals surface area contributed by atoms with Gasteiger partial charge in [-0.2, -0.15) is 0 Å². The van der Waals surface area contributed by atoms with E-state index in [1.54, 1.807) is 6.07 Å². The van der Waals surface area contributed by atoms with Crippen molar-refractivity contribution in [2.75, 3.05) is 19.7 Å². The Morgan fingerprint density at radius 3 is 2.79 bits per heavy atom. The van der Waals surface area contributed by atoms with Crippen molar-refractivity contribution in [1.82, 2.24) is 4.90 Å². The number of halogens is 1. The summed E-state index contributed by atoms with van der Waals surface area (Å²) in [4.78, 5) is 14.3. The molecule has 1 heterocycles. The van der Waals surface area contributed by atoms with Crippen LogP contribution in [0.15, 0.2) is 48.5 Å². The van der Waals surface area contributed by atoms with Crippen molar-refractivity contribution in [3.8, 4) is 5.75 Å². The minimum atomic E-state index is -0.0533. The summed E-state index contributed by atoms with van der Waals surface area (Å²) in [5, 5.41) is 9.65. The average molecular weight is 346 g/mol. The van der Waals surface area contributed by atoms with E-state index in [0.717, 1.165) is 18.5 Å². The van der Waals surface area contributed by atoms with E-state index in [-0.39, 0.29) is 16.7 Å². The summed E-state index contributed by atoms with van der Waals surface area (Å²) in [6, 6.07) is 14.6. The van der Waals surface area contributed by atoms with Gasteiger partial charge in [0.2, 0.25) is 0 Å². The predicted octanol–water partition coefficient (Wildman–Crippen LogP) is 3.72. The standard InChI is InChI=1S/C19H20ClNO3/c20-17-10-16(6-7-18(17)22)19(23)21-9-8-15(11-21)13-24-12-14-4-2-1-3-5-14/h1-7,10,15,22H,8-9,11-13H2/t15-/m1/s1. The van der Waals surface area contributed by atoms with E-state index in [4.69, 9.17) is 16.3 Å². The molecule has 4 nitrogen and oxygen atoms in total. The number of likely N-dealkylation sites (tertiary alicyclic amines) is 1. The molecule has 1 amide bonds. The largest absolute Gasteiger partial charge is 0.506 e. The summed E-state index contributed by atoms with van der Waals surface area (Å²) in [5.74, 6) is 0.287. The number of ether oxygens (including phenoxy) is 1. The van der Waals surface area contributed by atoms with Crippen LogP contribution in [0.1, 0.15) is 22.3 Å². The number of phenols is 1. The molecule has 0 radical (unpaired) electrons. The van der Waals surface area contributed by atoms with Crippen molar-refractivity contribution in [3.63, 3.8) is 0 Å². The van der Waals surface area contributed by atoms with Crippen molar-refractivity contribution < 1.29 is 14.6 Å². The first kappa shape index (κ1) is 16.8. The Morgan fingerprint density at radius 1 is 1.25 bits per heavy atom. The number of amides is 1. The Labute approximate surface area is 146 Å². The molecule has 1 N–H and O–H groups in total. The number of carbonyl (C=O) groups excluding carboxylic acids is 1. The molecule has 0 bridgehead atoms. The lowest BCUT2D eigenvalue weighted by atomic mass is 10.1. The smallest absolute Gasteiger partial charge is 0.253 e. The molecule has 24 heavy (non-hydrogen) atoms. The van der Waals surface area contributed by atoms with Crippen molar-refractivity contribution in [2.45, 2.75) is 13.0 Å². The molecule has 1 atom stereocenters. The molecule has 126 valence electrons. The third kappa shape index (κ3) is 4.08. The fraction of sp³-hybridized carbons (Fsp3) is 0.316. The van der Waals surface area contributed by atoms with E-state index in [1.807, 2.05) is 35.2 Å². The summed E-state index contributed by atoms with van der Waals surface area (Å²) in [6.45, 7) is 2.65.